The molecule has 0 atom stereocenters. The molecule has 2 amide bonds. The maximum atomic E-state index is 14.3. The van der Waals surface area contributed by atoms with Crippen molar-refractivity contribution >= 4 is 20.0 Å². The number of halogens is 5. The molecule has 0 aliphatic heterocycles. The summed E-state index contributed by atoms with van der Waals surface area (Å²) in [5.41, 5.74) is -5.29. The van der Waals surface area contributed by atoms with E-state index in [2.05, 4.69) is 0 Å². The normalized spacial score (nSPS) is 12.2. The summed E-state index contributed by atoms with van der Waals surface area (Å²) in [4.78, 5) is 11.7. The summed E-state index contributed by atoms with van der Waals surface area (Å²) in [5, 5.41) is -2.51. The molecule has 0 saturated heterocycles. The van der Waals surface area contributed by atoms with E-state index in [4.69, 9.17) is 4.43 Å². The van der Waals surface area contributed by atoms with Gasteiger partial charge >= 0.3 is 20.0 Å². The maximum Gasteiger partial charge on any atom is 0.386 e. The van der Waals surface area contributed by atoms with Crippen LogP contribution in [0.3, 0.4) is 0 Å². The van der Waals surface area contributed by atoms with Crippen molar-refractivity contribution in [3.63, 3.8) is 0 Å². The van der Waals surface area contributed by atoms with E-state index in [1.165, 1.54) is 26.0 Å². The third-order valence-electron chi connectivity index (χ3n) is 3.73. The van der Waals surface area contributed by atoms with Gasteiger partial charge in [-0.25, -0.2) is 9.18 Å². The number of amides is 2. The molecule has 4 nitrogen and oxygen atoms in total. The second-order valence-electron chi connectivity index (χ2n) is 4.74. The Balaban J connectivity index is 3.14. The van der Waals surface area contributed by atoms with Gasteiger partial charge in [-0.3, -0.25) is 0 Å². The van der Waals surface area contributed by atoms with Gasteiger partial charge in [0.2, 0.25) is 0 Å². The average Bonchev–Trinajstić information content (AvgIpc) is 2.55. The summed E-state index contributed by atoms with van der Waals surface area (Å²) >= 11 is 0. The van der Waals surface area contributed by atoms with Crippen LogP contribution in [0, 0.1) is 5.82 Å². The zero-order valence-corrected chi connectivity index (χ0v) is 13.8. The quantitative estimate of drug-likeness (QED) is 0.323. The minimum absolute atomic E-state index is 0.202. The fourth-order valence-electron chi connectivity index (χ4n) is 2.18. The van der Waals surface area contributed by atoms with E-state index in [9.17, 15) is 26.9 Å². The molecular formula is C13H17F5N2O2Si. The zero-order chi connectivity index (χ0) is 17.8. The summed E-state index contributed by atoms with van der Waals surface area (Å²) in [5.74, 6) is -1.19. The molecular weight excluding hydrogens is 339 g/mol. The van der Waals surface area contributed by atoms with Gasteiger partial charge in [0.15, 0.2) is 0 Å². The van der Waals surface area contributed by atoms with Gasteiger partial charge in [-0.05, 0) is 24.2 Å². The molecule has 1 aromatic carbocycles. The molecule has 0 bridgehead atoms. The third-order valence-corrected chi connectivity index (χ3v) is 8.09. The second-order valence-corrected chi connectivity index (χ2v) is 9.16. The van der Waals surface area contributed by atoms with Gasteiger partial charge in [0.1, 0.15) is 11.5 Å². The first-order valence-corrected chi connectivity index (χ1v) is 9.14. The standard InChI is InChI=1S/C13H17F5N2O2Si/c1-4-23(5-2,22-3)13(15,16)20(18)12(21)19(17)11-9-7-6-8-10(11)14/h6-9H,4-5H2,1-3H3. The Morgan fingerprint density at radius 2 is 1.74 bits per heavy atom. The molecule has 0 aliphatic rings. The predicted octanol–water partition coefficient (Wildman–Crippen LogP) is 4.59. The number of anilines is 1. The fraction of sp³-hybridized carbons (Fsp3) is 0.462. The summed E-state index contributed by atoms with van der Waals surface area (Å²) in [6, 6.07) is 1.28. The van der Waals surface area contributed by atoms with Crippen molar-refractivity contribution in [1.29, 1.82) is 0 Å². The van der Waals surface area contributed by atoms with Crippen LogP contribution in [0.25, 0.3) is 0 Å². The Labute approximate surface area is 131 Å². The molecule has 0 radical (unpaired) electrons. The van der Waals surface area contributed by atoms with Crippen molar-refractivity contribution in [1.82, 2.24) is 5.12 Å². The molecule has 0 N–H and O–H groups in total. The van der Waals surface area contributed by atoms with Crippen molar-refractivity contribution in [2.75, 3.05) is 12.2 Å². The fourth-order valence-corrected chi connectivity index (χ4v) is 4.80. The number of rotatable bonds is 6. The number of benzene rings is 1. The Bertz CT molecular complexity index is 549. The van der Waals surface area contributed by atoms with E-state index in [0.29, 0.717) is 0 Å². The van der Waals surface area contributed by atoms with Crippen molar-refractivity contribution in [2.45, 2.75) is 31.6 Å². The molecule has 0 unspecified atom stereocenters. The Kier molecular flexibility index (Phi) is 6.11. The predicted molar refractivity (Wildman–Crippen MR) is 77.0 cm³/mol. The minimum atomic E-state index is -4.32. The van der Waals surface area contributed by atoms with E-state index in [1.807, 2.05) is 0 Å². The van der Waals surface area contributed by atoms with Gasteiger partial charge < -0.3 is 4.43 Å². The number of urea groups is 1. The first-order chi connectivity index (χ1) is 10.7. The largest absolute Gasteiger partial charge is 0.412 e. The lowest BCUT2D eigenvalue weighted by Crippen LogP contribution is -2.63. The number of nitrogens with zero attached hydrogens (tertiary/aromatic N) is 2. The van der Waals surface area contributed by atoms with Crippen LogP contribution in [-0.4, -0.2) is 32.3 Å². The number of hydrogen-bond acceptors (Lipinski definition) is 2. The van der Waals surface area contributed by atoms with E-state index < -0.39 is 41.8 Å². The zero-order valence-electron chi connectivity index (χ0n) is 12.8. The lowest BCUT2D eigenvalue weighted by atomic mass is 10.3. The van der Waals surface area contributed by atoms with Crippen LogP contribution in [0.2, 0.25) is 12.1 Å². The van der Waals surface area contributed by atoms with Crippen LogP contribution in [0.15, 0.2) is 24.3 Å². The highest BCUT2D eigenvalue weighted by atomic mass is 28.4. The second kappa shape index (κ2) is 7.26. The van der Waals surface area contributed by atoms with Gasteiger partial charge in [0, 0.05) is 7.11 Å². The average molecular weight is 356 g/mol. The monoisotopic (exact) mass is 356 g/mol. The molecule has 0 spiro atoms. The van der Waals surface area contributed by atoms with Crippen molar-refractivity contribution in [2.24, 2.45) is 0 Å². The molecule has 1 rings (SSSR count). The summed E-state index contributed by atoms with van der Waals surface area (Å²) in [6.07, 6.45) is 0. The van der Waals surface area contributed by atoms with E-state index >= 15 is 0 Å². The SMILES string of the molecule is CC[Si](CC)(OC)C(F)(F)N(F)C(=O)N(F)c1ccccc1F. The first kappa shape index (κ1) is 19.4. The van der Waals surface area contributed by atoms with Gasteiger partial charge in [-0.15, -0.1) is 5.12 Å². The highest BCUT2D eigenvalue weighted by Gasteiger charge is 2.62. The lowest BCUT2D eigenvalue weighted by molar-refractivity contribution is -0.158. The third kappa shape index (κ3) is 3.32. The smallest absolute Gasteiger partial charge is 0.386 e. The van der Waals surface area contributed by atoms with Crippen LogP contribution < -0.4 is 5.12 Å². The first-order valence-electron chi connectivity index (χ1n) is 6.81. The van der Waals surface area contributed by atoms with Crippen LogP contribution in [0.1, 0.15) is 13.8 Å². The summed E-state index contributed by atoms with van der Waals surface area (Å²) in [7, 11) is -3.03. The van der Waals surface area contributed by atoms with Crippen LogP contribution >= 0.6 is 0 Å². The molecule has 10 heteroatoms. The van der Waals surface area contributed by atoms with Crippen molar-refractivity contribution in [3.8, 4) is 0 Å². The van der Waals surface area contributed by atoms with E-state index in [1.54, 1.807) is 0 Å². The van der Waals surface area contributed by atoms with Crippen molar-refractivity contribution < 1.29 is 31.4 Å². The molecule has 1 aromatic rings. The number of alkyl halides is 2. The summed E-state index contributed by atoms with van der Waals surface area (Å²) in [6.45, 7) is 2.74. The number of carbonyl (C=O) groups is 1. The molecule has 0 aliphatic carbocycles. The van der Waals surface area contributed by atoms with Gasteiger partial charge in [0.25, 0.3) is 0 Å². The van der Waals surface area contributed by atoms with Crippen molar-refractivity contribution in [3.05, 3.63) is 30.1 Å². The summed E-state index contributed by atoms with van der Waals surface area (Å²) < 4.78 is 74.8. The molecule has 130 valence electrons. The van der Waals surface area contributed by atoms with E-state index in [0.717, 1.165) is 19.2 Å². The van der Waals surface area contributed by atoms with E-state index in [-0.39, 0.29) is 12.1 Å². The maximum absolute atomic E-state index is 14.3. The highest BCUT2D eigenvalue weighted by molar-refractivity contribution is 6.76. The Morgan fingerprint density at radius 1 is 1.22 bits per heavy atom. The van der Waals surface area contributed by atoms with Gasteiger partial charge in [-0.2, -0.15) is 8.78 Å². The molecule has 0 heterocycles. The Morgan fingerprint density at radius 3 is 2.17 bits per heavy atom. The highest BCUT2D eigenvalue weighted by Crippen LogP contribution is 2.38. The number of para-hydroxylation sites is 1. The lowest BCUT2D eigenvalue weighted by Gasteiger charge is -2.37. The number of hydrogen-bond donors (Lipinski definition) is 0. The topological polar surface area (TPSA) is 32.8 Å². The van der Waals surface area contributed by atoms with Crippen LogP contribution in [-0.2, 0) is 4.43 Å². The van der Waals surface area contributed by atoms with Gasteiger partial charge in [0.05, 0.1) is 0 Å². The number of carbonyl (C=O) groups excluding carboxylic acids is 1. The van der Waals surface area contributed by atoms with Crippen LogP contribution in [0.5, 0.6) is 0 Å². The molecule has 23 heavy (non-hydrogen) atoms. The molecule has 0 fully saturated rings. The van der Waals surface area contributed by atoms with Crippen LogP contribution in [0.4, 0.5) is 32.6 Å². The minimum Gasteiger partial charge on any atom is -0.412 e. The Hall–Kier alpha value is -1.68. The molecule has 0 aromatic heterocycles. The molecule has 0 saturated carbocycles. The van der Waals surface area contributed by atoms with Gasteiger partial charge in [-0.1, -0.05) is 40.1 Å².